The standard InChI is InChI=1S/C20H28N2O2/c1-3-12-21(17(2)23)15-11-20(24)22-13-9-19(10-14-22)16-18-7-5-4-6-8-18/h3-8,19H,1,9-16H2,2H3. The maximum Gasteiger partial charge on any atom is 0.224 e. The molecule has 0 N–H and O–H groups in total. The third kappa shape index (κ3) is 5.52. The molecule has 24 heavy (non-hydrogen) atoms. The maximum atomic E-state index is 12.4. The van der Waals surface area contributed by atoms with Crippen molar-refractivity contribution in [2.45, 2.75) is 32.6 Å². The summed E-state index contributed by atoms with van der Waals surface area (Å²) in [5.74, 6) is 0.804. The van der Waals surface area contributed by atoms with E-state index in [0.29, 0.717) is 25.4 Å². The summed E-state index contributed by atoms with van der Waals surface area (Å²) >= 11 is 0. The van der Waals surface area contributed by atoms with Gasteiger partial charge in [-0.05, 0) is 30.7 Å². The van der Waals surface area contributed by atoms with Crippen molar-refractivity contribution >= 4 is 11.8 Å². The Labute approximate surface area is 145 Å². The van der Waals surface area contributed by atoms with Crippen molar-refractivity contribution in [1.82, 2.24) is 9.80 Å². The predicted octanol–water partition coefficient (Wildman–Crippen LogP) is 2.89. The number of hydrogen-bond donors (Lipinski definition) is 0. The molecule has 1 fully saturated rings. The van der Waals surface area contributed by atoms with Crippen molar-refractivity contribution in [3.8, 4) is 0 Å². The number of hydrogen-bond acceptors (Lipinski definition) is 2. The molecule has 1 aliphatic rings. The predicted molar refractivity (Wildman–Crippen MR) is 96.5 cm³/mol. The van der Waals surface area contributed by atoms with Gasteiger partial charge in [-0.25, -0.2) is 0 Å². The summed E-state index contributed by atoms with van der Waals surface area (Å²) in [6.45, 7) is 7.82. The molecule has 0 aliphatic carbocycles. The molecule has 1 heterocycles. The summed E-state index contributed by atoms with van der Waals surface area (Å²) < 4.78 is 0. The van der Waals surface area contributed by atoms with Crippen LogP contribution in [0.3, 0.4) is 0 Å². The van der Waals surface area contributed by atoms with E-state index >= 15 is 0 Å². The highest BCUT2D eigenvalue weighted by Crippen LogP contribution is 2.22. The Hall–Kier alpha value is -2.10. The molecule has 1 aliphatic heterocycles. The van der Waals surface area contributed by atoms with Crippen LogP contribution in [-0.2, 0) is 16.0 Å². The average Bonchev–Trinajstić information content (AvgIpc) is 2.59. The molecule has 2 rings (SSSR count). The van der Waals surface area contributed by atoms with E-state index in [1.807, 2.05) is 11.0 Å². The summed E-state index contributed by atoms with van der Waals surface area (Å²) in [4.78, 5) is 27.5. The van der Waals surface area contributed by atoms with Gasteiger partial charge in [-0.15, -0.1) is 6.58 Å². The first kappa shape index (κ1) is 18.2. The first-order valence-corrected chi connectivity index (χ1v) is 8.78. The first-order chi connectivity index (χ1) is 11.6. The Morgan fingerprint density at radius 3 is 2.50 bits per heavy atom. The van der Waals surface area contributed by atoms with Crippen molar-refractivity contribution in [2.75, 3.05) is 26.2 Å². The van der Waals surface area contributed by atoms with E-state index in [4.69, 9.17) is 0 Å². The fraction of sp³-hybridized carbons (Fsp3) is 0.500. The second-order valence-electron chi connectivity index (χ2n) is 6.52. The summed E-state index contributed by atoms with van der Waals surface area (Å²) in [5.41, 5.74) is 1.38. The smallest absolute Gasteiger partial charge is 0.224 e. The van der Waals surface area contributed by atoms with Gasteiger partial charge in [-0.2, -0.15) is 0 Å². The Balaban J connectivity index is 1.74. The van der Waals surface area contributed by atoms with E-state index in [-0.39, 0.29) is 11.8 Å². The lowest BCUT2D eigenvalue weighted by Crippen LogP contribution is -2.41. The number of likely N-dealkylation sites (tertiary alicyclic amines) is 1. The molecule has 0 aromatic heterocycles. The van der Waals surface area contributed by atoms with E-state index in [1.165, 1.54) is 12.5 Å². The zero-order valence-corrected chi connectivity index (χ0v) is 14.6. The molecule has 0 saturated carbocycles. The van der Waals surface area contributed by atoms with Gasteiger partial charge in [-0.3, -0.25) is 9.59 Å². The summed E-state index contributed by atoms with van der Waals surface area (Å²) in [7, 11) is 0. The van der Waals surface area contributed by atoms with Crippen LogP contribution in [0.25, 0.3) is 0 Å². The number of rotatable bonds is 7. The van der Waals surface area contributed by atoms with Gasteiger partial charge in [0, 0.05) is 39.5 Å². The van der Waals surface area contributed by atoms with Gasteiger partial charge in [0.05, 0.1) is 0 Å². The van der Waals surface area contributed by atoms with Crippen LogP contribution in [0.1, 0.15) is 31.7 Å². The Morgan fingerprint density at radius 1 is 1.25 bits per heavy atom. The topological polar surface area (TPSA) is 40.6 Å². The van der Waals surface area contributed by atoms with Crippen molar-refractivity contribution < 1.29 is 9.59 Å². The minimum atomic E-state index is -0.00994. The van der Waals surface area contributed by atoms with Gasteiger partial charge < -0.3 is 9.80 Å². The molecule has 0 radical (unpaired) electrons. The minimum absolute atomic E-state index is 0.00994. The lowest BCUT2D eigenvalue weighted by molar-refractivity contribution is -0.134. The fourth-order valence-corrected chi connectivity index (χ4v) is 3.26. The van der Waals surface area contributed by atoms with Crippen molar-refractivity contribution in [2.24, 2.45) is 5.92 Å². The lowest BCUT2D eigenvalue weighted by atomic mass is 9.90. The van der Waals surface area contributed by atoms with Gasteiger partial charge in [0.25, 0.3) is 0 Å². The molecular formula is C20H28N2O2. The fourth-order valence-electron chi connectivity index (χ4n) is 3.26. The quantitative estimate of drug-likeness (QED) is 0.722. The zero-order chi connectivity index (χ0) is 17.4. The normalized spacial score (nSPS) is 15.1. The van der Waals surface area contributed by atoms with E-state index in [0.717, 1.165) is 32.4 Å². The van der Waals surface area contributed by atoms with Crippen LogP contribution in [0.2, 0.25) is 0 Å². The zero-order valence-electron chi connectivity index (χ0n) is 14.6. The molecule has 0 unspecified atom stereocenters. The number of amides is 2. The molecule has 1 aromatic rings. The van der Waals surface area contributed by atoms with Crippen molar-refractivity contribution in [3.63, 3.8) is 0 Å². The highest BCUT2D eigenvalue weighted by atomic mass is 16.2. The van der Waals surface area contributed by atoms with Gasteiger partial charge >= 0.3 is 0 Å². The van der Waals surface area contributed by atoms with E-state index in [9.17, 15) is 9.59 Å². The first-order valence-electron chi connectivity index (χ1n) is 8.78. The number of benzene rings is 1. The van der Waals surface area contributed by atoms with Crippen LogP contribution in [0.15, 0.2) is 43.0 Å². The molecule has 2 amide bonds. The van der Waals surface area contributed by atoms with Crippen LogP contribution in [0, 0.1) is 5.92 Å². The van der Waals surface area contributed by atoms with Crippen LogP contribution < -0.4 is 0 Å². The number of piperidine rings is 1. The largest absolute Gasteiger partial charge is 0.343 e. The molecule has 4 nitrogen and oxygen atoms in total. The molecular weight excluding hydrogens is 300 g/mol. The molecule has 0 atom stereocenters. The maximum absolute atomic E-state index is 12.4. The van der Waals surface area contributed by atoms with Gasteiger partial charge in [-0.1, -0.05) is 36.4 Å². The molecule has 0 bridgehead atoms. The van der Waals surface area contributed by atoms with Crippen LogP contribution in [0.5, 0.6) is 0 Å². The van der Waals surface area contributed by atoms with Gasteiger partial charge in [0.1, 0.15) is 0 Å². The molecule has 130 valence electrons. The molecule has 0 spiro atoms. The van der Waals surface area contributed by atoms with E-state index < -0.39 is 0 Å². The third-order valence-electron chi connectivity index (χ3n) is 4.72. The SMILES string of the molecule is C=CCN(CCC(=O)N1CCC(Cc2ccccc2)CC1)C(C)=O. The van der Waals surface area contributed by atoms with Crippen LogP contribution in [-0.4, -0.2) is 47.8 Å². The second kappa shape index (κ2) is 9.26. The summed E-state index contributed by atoms with van der Waals surface area (Å²) in [6.07, 6.45) is 5.31. The Kier molecular flexibility index (Phi) is 7.04. The van der Waals surface area contributed by atoms with Crippen molar-refractivity contribution in [3.05, 3.63) is 48.6 Å². The Bertz CT molecular complexity index is 548. The number of nitrogens with zero attached hydrogens (tertiary/aromatic N) is 2. The number of carbonyl (C=O) groups excluding carboxylic acids is 2. The van der Waals surface area contributed by atoms with Crippen molar-refractivity contribution in [1.29, 1.82) is 0 Å². The van der Waals surface area contributed by atoms with E-state index in [2.05, 4.69) is 30.8 Å². The summed E-state index contributed by atoms with van der Waals surface area (Å²) in [5, 5.41) is 0. The number of carbonyl (C=O) groups is 2. The van der Waals surface area contributed by atoms with Crippen LogP contribution >= 0.6 is 0 Å². The van der Waals surface area contributed by atoms with E-state index in [1.54, 1.807) is 11.0 Å². The summed E-state index contributed by atoms with van der Waals surface area (Å²) in [6, 6.07) is 10.6. The third-order valence-corrected chi connectivity index (χ3v) is 4.72. The van der Waals surface area contributed by atoms with Gasteiger partial charge in [0.2, 0.25) is 11.8 Å². The second-order valence-corrected chi connectivity index (χ2v) is 6.52. The van der Waals surface area contributed by atoms with Crippen LogP contribution in [0.4, 0.5) is 0 Å². The monoisotopic (exact) mass is 328 g/mol. The minimum Gasteiger partial charge on any atom is -0.343 e. The molecule has 4 heteroatoms. The highest BCUT2D eigenvalue weighted by molar-refractivity contribution is 5.78. The highest BCUT2D eigenvalue weighted by Gasteiger charge is 2.23. The molecule has 1 saturated heterocycles. The molecule has 1 aromatic carbocycles. The Morgan fingerprint density at radius 2 is 1.92 bits per heavy atom. The lowest BCUT2D eigenvalue weighted by Gasteiger charge is -2.32. The average molecular weight is 328 g/mol. The van der Waals surface area contributed by atoms with Gasteiger partial charge in [0.15, 0.2) is 0 Å².